The number of hydrogen-bond acceptors (Lipinski definition) is 6. The van der Waals surface area contributed by atoms with Crippen molar-refractivity contribution >= 4 is 28.8 Å². The molecule has 0 aliphatic carbocycles. The van der Waals surface area contributed by atoms with Gasteiger partial charge in [-0.15, -0.1) is 11.3 Å². The van der Waals surface area contributed by atoms with Crippen molar-refractivity contribution in [3.63, 3.8) is 0 Å². The van der Waals surface area contributed by atoms with Gasteiger partial charge in [-0.1, -0.05) is 11.6 Å². The Balaban J connectivity index is 2.26. The molecular weight excluding hydrogens is 272 g/mol. The second-order valence-corrected chi connectivity index (χ2v) is 5.04. The van der Waals surface area contributed by atoms with E-state index in [2.05, 4.69) is 15.0 Å². The number of hydrogen-bond donors (Lipinski definition) is 0. The third-order valence-electron chi connectivity index (χ3n) is 2.53. The molecule has 0 bridgehead atoms. The normalized spacial score (nSPS) is 10.4. The fraction of sp³-hybridized carbons (Fsp3) is 0.364. The van der Waals surface area contributed by atoms with Gasteiger partial charge < -0.3 is 9.64 Å². The molecule has 2 heterocycles. The number of ether oxygens (including phenoxy) is 1. The molecule has 0 N–H and O–H groups in total. The molecule has 2 aromatic rings. The monoisotopic (exact) mass is 284 g/mol. The zero-order valence-corrected chi connectivity index (χ0v) is 11.9. The number of thiazole rings is 1. The summed E-state index contributed by atoms with van der Waals surface area (Å²) >= 11 is 7.59. The minimum absolute atomic E-state index is 0.315. The molecule has 7 heteroatoms. The van der Waals surface area contributed by atoms with Crippen molar-refractivity contribution < 1.29 is 4.74 Å². The Morgan fingerprint density at radius 1 is 1.39 bits per heavy atom. The van der Waals surface area contributed by atoms with E-state index >= 15 is 0 Å². The number of nitrogens with zero attached hydrogens (tertiary/aromatic N) is 4. The van der Waals surface area contributed by atoms with Gasteiger partial charge in [0.1, 0.15) is 6.33 Å². The van der Waals surface area contributed by atoms with Gasteiger partial charge in [0, 0.05) is 11.9 Å². The van der Waals surface area contributed by atoms with Crippen molar-refractivity contribution in [2.45, 2.75) is 13.5 Å². The van der Waals surface area contributed by atoms with E-state index in [-0.39, 0.29) is 0 Å². The smallest absolute Gasteiger partial charge is 0.199 e. The molecule has 5 nitrogen and oxygen atoms in total. The summed E-state index contributed by atoms with van der Waals surface area (Å²) < 4.78 is 5.24. The summed E-state index contributed by atoms with van der Waals surface area (Å²) in [6.07, 6.45) is 1.43. The van der Waals surface area contributed by atoms with Gasteiger partial charge in [0.2, 0.25) is 0 Å². The molecule has 0 radical (unpaired) electrons. The van der Waals surface area contributed by atoms with Crippen molar-refractivity contribution in [2.24, 2.45) is 0 Å². The van der Waals surface area contributed by atoms with Crippen LogP contribution in [0.15, 0.2) is 11.8 Å². The first-order valence-corrected chi connectivity index (χ1v) is 6.53. The maximum absolute atomic E-state index is 5.97. The molecule has 0 fully saturated rings. The highest BCUT2D eigenvalue weighted by molar-refractivity contribution is 7.09. The molecule has 0 aromatic carbocycles. The predicted molar refractivity (Wildman–Crippen MR) is 72.6 cm³/mol. The second-order valence-electron chi connectivity index (χ2n) is 3.74. The van der Waals surface area contributed by atoms with Crippen molar-refractivity contribution in [2.75, 3.05) is 19.1 Å². The highest BCUT2D eigenvalue weighted by Crippen LogP contribution is 2.31. The van der Waals surface area contributed by atoms with Crippen LogP contribution in [0.5, 0.6) is 5.75 Å². The quantitative estimate of drug-likeness (QED) is 0.808. The van der Waals surface area contributed by atoms with Gasteiger partial charge in [-0.05, 0) is 6.92 Å². The van der Waals surface area contributed by atoms with E-state index in [1.165, 1.54) is 11.2 Å². The van der Waals surface area contributed by atoms with Crippen LogP contribution >= 0.6 is 22.9 Å². The van der Waals surface area contributed by atoms with Crippen LogP contribution in [0.25, 0.3) is 0 Å². The molecule has 96 valence electrons. The highest BCUT2D eigenvalue weighted by atomic mass is 35.5. The second kappa shape index (κ2) is 5.49. The molecule has 0 spiro atoms. The lowest BCUT2D eigenvalue weighted by Gasteiger charge is -2.19. The Morgan fingerprint density at radius 2 is 2.17 bits per heavy atom. The number of aryl methyl sites for hydroxylation is 1. The van der Waals surface area contributed by atoms with Crippen LogP contribution in [-0.4, -0.2) is 29.1 Å². The highest BCUT2D eigenvalue weighted by Gasteiger charge is 2.15. The molecular formula is C11H13ClN4OS. The van der Waals surface area contributed by atoms with Crippen molar-refractivity contribution in [3.8, 4) is 5.75 Å². The zero-order chi connectivity index (χ0) is 13.1. The molecule has 0 saturated carbocycles. The Morgan fingerprint density at radius 3 is 2.78 bits per heavy atom. The molecule has 0 saturated heterocycles. The number of anilines is 1. The van der Waals surface area contributed by atoms with Crippen LogP contribution in [0.1, 0.15) is 10.6 Å². The van der Waals surface area contributed by atoms with E-state index < -0.39 is 0 Å². The first kappa shape index (κ1) is 13.0. The number of aromatic nitrogens is 3. The largest absolute Gasteiger partial charge is 0.490 e. The van der Waals surface area contributed by atoms with Gasteiger partial charge in [0.05, 0.1) is 24.9 Å². The fourth-order valence-electron chi connectivity index (χ4n) is 1.56. The maximum atomic E-state index is 5.97. The van der Waals surface area contributed by atoms with Crippen molar-refractivity contribution in [1.29, 1.82) is 0 Å². The van der Waals surface area contributed by atoms with E-state index in [1.807, 2.05) is 24.4 Å². The lowest BCUT2D eigenvalue weighted by atomic mass is 10.3. The molecule has 0 atom stereocenters. The summed E-state index contributed by atoms with van der Waals surface area (Å²) in [4.78, 5) is 15.5. The zero-order valence-electron chi connectivity index (χ0n) is 10.3. The van der Waals surface area contributed by atoms with Crippen LogP contribution in [0.4, 0.5) is 5.82 Å². The van der Waals surface area contributed by atoms with Crippen LogP contribution in [0.3, 0.4) is 0 Å². The summed E-state index contributed by atoms with van der Waals surface area (Å²) in [6.45, 7) is 2.70. The summed E-state index contributed by atoms with van der Waals surface area (Å²) in [7, 11) is 3.49. The van der Waals surface area contributed by atoms with Crippen LogP contribution in [-0.2, 0) is 6.54 Å². The minimum Gasteiger partial charge on any atom is -0.490 e. The average molecular weight is 285 g/mol. The molecule has 18 heavy (non-hydrogen) atoms. The topological polar surface area (TPSA) is 51.1 Å². The van der Waals surface area contributed by atoms with E-state index in [0.29, 0.717) is 23.3 Å². The molecule has 0 unspecified atom stereocenters. The molecule has 0 amide bonds. The lowest BCUT2D eigenvalue weighted by molar-refractivity contribution is 0.411. The lowest BCUT2D eigenvalue weighted by Crippen LogP contribution is -2.18. The SMILES string of the molecule is COc1c(Cl)ncnc1N(C)Cc1scnc1C. The van der Waals surface area contributed by atoms with E-state index in [9.17, 15) is 0 Å². The third kappa shape index (κ3) is 2.54. The summed E-state index contributed by atoms with van der Waals surface area (Å²) in [5, 5.41) is 0.315. The minimum atomic E-state index is 0.315. The number of halogens is 1. The van der Waals surface area contributed by atoms with Crippen molar-refractivity contribution in [1.82, 2.24) is 15.0 Å². The van der Waals surface area contributed by atoms with Gasteiger partial charge >= 0.3 is 0 Å². The fourth-order valence-corrected chi connectivity index (χ4v) is 2.59. The predicted octanol–water partition coefficient (Wildman–Crippen LogP) is 2.54. The van der Waals surface area contributed by atoms with Gasteiger partial charge in [-0.25, -0.2) is 15.0 Å². The molecule has 0 aliphatic rings. The first-order chi connectivity index (χ1) is 8.63. The first-order valence-electron chi connectivity index (χ1n) is 5.28. The number of methoxy groups -OCH3 is 1. The van der Waals surface area contributed by atoms with Crippen LogP contribution in [0.2, 0.25) is 5.15 Å². The Bertz CT molecular complexity index is 546. The summed E-state index contributed by atoms with van der Waals surface area (Å²) in [5.74, 6) is 1.16. The van der Waals surface area contributed by atoms with E-state index in [0.717, 1.165) is 5.69 Å². The summed E-state index contributed by atoms with van der Waals surface area (Å²) in [6, 6.07) is 0. The van der Waals surface area contributed by atoms with E-state index in [1.54, 1.807) is 18.4 Å². The Kier molecular flexibility index (Phi) is 3.98. The van der Waals surface area contributed by atoms with E-state index in [4.69, 9.17) is 16.3 Å². The van der Waals surface area contributed by atoms with Gasteiger partial charge in [0.15, 0.2) is 16.7 Å². The maximum Gasteiger partial charge on any atom is 0.199 e. The standard InChI is InChI=1S/C11H13ClN4OS/c1-7-8(18-6-15-7)4-16(2)11-9(17-3)10(12)13-5-14-11/h5-6H,4H2,1-3H3. The third-order valence-corrected chi connectivity index (χ3v) is 3.72. The van der Waals surface area contributed by atoms with Crippen LogP contribution in [0, 0.1) is 6.92 Å². The van der Waals surface area contributed by atoms with Crippen LogP contribution < -0.4 is 9.64 Å². The van der Waals surface area contributed by atoms with Gasteiger partial charge in [-0.3, -0.25) is 0 Å². The number of rotatable bonds is 4. The van der Waals surface area contributed by atoms with Gasteiger partial charge in [-0.2, -0.15) is 0 Å². The average Bonchev–Trinajstić information content (AvgIpc) is 2.74. The Hall–Kier alpha value is -1.40. The summed E-state index contributed by atoms with van der Waals surface area (Å²) in [5.41, 5.74) is 2.87. The van der Waals surface area contributed by atoms with Crippen molar-refractivity contribution in [3.05, 3.63) is 27.6 Å². The van der Waals surface area contributed by atoms with Gasteiger partial charge in [0.25, 0.3) is 0 Å². The Labute approximate surface area is 114 Å². The molecule has 2 aromatic heterocycles. The molecule has 0 aliphatic heterocycles. The molecule has 2 rings (SSSR count).